The monoisotopic (exact) mass is 499 g/mol. The second-order valence-corrected chi connectivity index (χ2v) is 10.7. The van der Waals surface area contributed by atoms with E-state index in [4.69, 9.17) is 9.47 Å². The minimum atomic E-state index is -1.14. The number of hydrogen-bond donors (Lipinski definition) is 2. The quantitative estimate of drug-likeness (QED) is 0.422. The Kier molecular flexibility index (Phi) is 6.92. The number of rotatable bonds is 8. The SMILES string of the molecule is COCCN1C(=O)[C@H]2[C@@H](C(=O)Nc3cccc(SC)c3)[C@H]3C=C[C@@]2(O3)[C@@H]1C(=O)NC1CCCCC1. The Labute approximate surface area is 210 Å². The van der Waals surface area contributed by atoms with Crippen LogP contribution in [0, 0.1) is 11.8 Å². The highest BCUT2D eigenvalue weighted by Crippen LogP contribution is 2.55. The fraction of sp³-hybridized carbons (Fsp3) is 0.577. The van der Waals surface area contributed by atoms with Crippen LogP contribution in [0.15, 0.2) is 41.3 Å². The number of benzene rings is 1. The number of anilines is 1. The van der Waals surface area contributed by atoms with Gasteiger partial charge in [-0.05, 0) is 37.3 Å². The van der Waals surface area contributed by atoms with Gasteiger partial charge in [-0.1, -0.05) is 37.5 Å². The van der Waals surface area contributed by atoms with Gasteiger partial charge < -0.3 is 25.0 Å². The van der Waals surface area contributed by atoms with Crippen molar-refractivity contribution in [3.05, 3.63) is 36.4 Å². The van der Waals surface area contributed by atoms with Crippen LogP contribution in [0.2, 0.25) is 0 Å². The van der Waals surface area contributed by atoms with E-state index >= 15 is 0 Å². The average Bonchev–Trinajstić information content (AvgIpc) is 3.50. The molecule has 3 amide bonds. The summed E-state index contributed by atoms with van der Waals surface area (Å²) in [6.45, 7) is 0.565. The fourth-order valence-corrected chi connectivity index (χ4v) is 6.61. The summed E-state index contributed by atoms with van der Waals surface area (Å²) in [7, 11) is 1.57. The van der Waals surface area contributed by atoms with Crippen molar-refractivity contribution in [2.75, 3.05) is 31.8 Å². The first-order chi connectivity index (χ1) is 17.0. The van der Waals surface area contributed by atoms with Gasteiger partial charge in [0.05, 0.1) is 24.5 Å². The third-order valence-corrected chi connectivity index (χ3v) is 8.48. The van der Waals surface area contributed by atoms with Crippen molar-refractivity contribution in [3.8, 4) is 0 Å². The molecule has 0 unspecified atom stereocenters. The number of carbonyl (C=O) groups excluding carboxylic acids is 3. The fourth-order valence-electron chi connectivity index (χ4n) is 6.15. The lowest BCUT2D eigenvalue weighted by Gasteiger charge is -2.34. The van der Waals surface area contributed by atoms with E-state index in [2.05, 4.69) is 10.6 Å². The van der Waals surface area contributed by atoms with Crippen molar-refractivity contribution in [2.45, 2.75) is 60.8 Å². The molecule has 5 rings (SSSR count). The van der Waals surface area contributed by atoms with Crippen LogP contribution in [-0.4, -0.2) is 72.9 Å². The molecule has 9 heteroatoms. The number of nitrogens with zero attached hydrogens (tertiary/aromatic N) is 1. The van der Waals surface area contributed by atoms with Gasteiger partial charge in [0.15, 0.2) is 0 Å². The van der Waals surface area contributed by atoms with Gasteiger partial charge in [-0.2, -0.15) is 0 Å². The van der Waals surface area contributed by atoms with E-state index in [1.807, 2.05) is 42.7 Å². The number of methoxy groups -OCH3 is 1. The molecule has 4 aliphatic rings. The van der Waals surface area contributed by atoms with Crippen molar-refractivity contribution in [3.63, 3.8) is 0 Å². The van der Waals surface area contributed by atoms with E-state index in [1.165, 1.54) is 6.42 Å². The number of hydrogen-bond acceptors (Lipinski definition) is 6. The Morgan fingerprint density at radius 2 is 2.03 bits per heavy atom. The van der Waals surface area contributed by atoms with Gasteiger partial charge >= 0.3 is 0 Å². The van der Waals surface area contributed by atoms with E-state index in [9.17, 15) is 14.4 Å². The third kappa shape index (κ3) is 4.27. The summed E-state index contributed by atoms with van der Waals surface area (Å²) in [5.41, 5.74) is -0.465. The molecular formula is C26H33N3O5S. The minimum Gasteiger partial charge on any atom is -0.383 e. The Bertz CT molecular complexity index is 1030. The number of amides is 3. The highest BCUT2D eigenvalue weighted by molar-refractivity contribution is 7.98. The predicted octanol–water partition coefficient (Wildman–Crippen LogP) is 2.59. The topological polar surface area (TPSA) is 97.0 Å². The van der Waals surface area contributed by atoms with E-state index in [-0.39, 0.29) is 30.3 Å². The van der Waals surface area contributed by atoms with Crippen molar-refractivity contribution >= 4 is 35.2 Å². The average molecular weight is 500 g/mol. The molecule has 0 aromatic heterocycles. The molecule has 1 aromatic carbocycles. The van der Waals surface area contributed by atoms with Gasteiger partial charge in [0.25, 0.3) is 0 Å². The zero-order chi connectivity index (χ0) is 24.6. The zero-order valence-electron chi connectivity index (χ0n) is 20.2. The third-order valence-electron chi connectivity index (χ3n) is 7.75. The standard InChI is InChI=1S/C26H33N3O5S/c1-33-14-13-29-22(24(31)27-16-7-4-3-5-8-16)26-12-11-19(34-26)20(21(26)25(29)32)23(30)28-17-9-6-10-18(15-17)35-2/h6,9-12,15-16,19-22H,3-5,7-8,13-14H2,1-2H3,(H,27,31)(H,28,30)/t19-,20+,21-,22+,26+/m1/s1. The van der Waals surface area contributed by atoms with Gasteiger partial charge in [-0.15, -0.1) is 11.8 Å². The molecule has 3 heterocycles. The number of fused-ring (bicyclic) bond motifs is 1. The van der Waals surface area contributed by atoms with Crippen molar-refractivity contribution in [2.24, 2.45) is 11.8 Å². The number of nitrogens with one attached hydrogen (secondary N) is 2. The lowest BCUT2D eigenvalue weighted by Crippen LogP contribution is -2.57. The summed E-state index contributed by atoms with van der Waals surface area (Å²) in [6.07, 6.45) is 10.4. The van der Waals surface area contributed by atoms with Gasteiger partial charge in [0, 0.05) is 30.3 Å². The van der Waals surface area contributed by atoms with Crippen LogP contribution in [-0.2, 0) is 23.9 Å². The molecule has 2 N–H and O–H groups in total. The van der Waals surface area contributed by atoms with E-state index in [0.29, 0.717) is 12.3 Å². The number of thioether (sulfide) groups is 1. The van der Waals surface area contributed by atoms with Crippen LogP contribution in [0.3, 0.4) is 0 Å². The summed E-state index contributed by atoms with van der Waals surface area (Å²) in [4.78, 5) is 43.4. The van der Waals surface area contributed by atoms with Crippen molar-refractivity contribution < 1.29 is 23.9 Å². The Morgan fingerprint density at radius 1 is 1.23 bits per heavy atom. The Balaban J connectivity index is 1.41. The summed E-state index contributed by atoms with van der Waals surface area (Å²) in [5.74, 6) is -2.15. The Hall–Kier alpha value is -2.36. The highest BCUT2D eigenvalue weighted by Gasteiger charge is 2.72. The first-order valence-electron chi connectivity index (χ1n) is 12.4. The molecule has 3 fully saturated rings. The summed E-state index contributed by atoms with van der Waals surface area (Å²) in [5, 5.41) is 6.16. The minimum absolute atomic E-state index is 0.108. The molecule has 5 atom stereocenters. The van der Waals surface area contributed by atoms with E-state index < -0.39 is 29.6 Å². The summed E-state index contributed by atoms with van der Waals surface area (Å²) < 4.78 is 11.6. The molecule has 1 aromatic rings. The molecule has 3 aliphatic heterocycles. The van der Waals surface area contributed by atoms with E-state index in [0.717, 1.165) is 30.6 Å². The molecule has 2 saturated heterocycles. The summed E-state index contributed by atoms with van der Waals surface area (Å²) in [6, 6.07) is 6.89. The number of ether oxygens (including phenoxy) is 2. The van der Waals surface area contributed by atoms with Crippen LogP contribution in [0.5, 0.6) is 0 Å². The second kappa shape index (κ2) is 9.95. The van der Waals surface area contributed by atoms with Crippen LogP contribution in [0.4, 0.5) is 5.69 Å². The molecule has 188 valence electrons. The molecule has 2 bridgehead atoms. The van der Waals surface area contributed by atoms with Crippen LogP contribution in [0.25, 0.3) is 0 Å². The maximum absolute atomic E-state index is 13.7. The van der Waals surface area contributed by atoms with Gasteiger partial charge in [-0.25, -0.2) is 0 Å². The highest BCUT2D eigenvalue weighted by atomic mass is 32.2. The predicted molar refractivity (Wildman–Crippen MR) is 133 cm³/mol. The largest absolute Gasteiger partial charge is 0.383 e. The van der Waals surface area contributed by atoms with Crippen LogP contribution < -0.4 is 10.6 Å². The number of likely N-dealkylation sites (tertiary alicyclic amines) is 1. The lowest BCUT2D eigenvalue weighted by molar-refractivity contribution is -0.142. The normalized spacial score (nSPS) is 31.6. The zero-order valence-corrected chi connectivity index (χ0v) is 21.0. The maximum atomic E-state index is 13.7. The van der Waals surface area contributed by atoms with Gasteiger partial charge in [0.1, 0.15) is 11.6 Å². The second-order valence-electron chi connectivity index (χ2n) is 9.79. The smallest absolute Gasteiger partial charge is 0.246 e. The van der Waals surface area contributed by atoms with Crippen molar-refractivity contribution in [1.82, 2.24) is 10.2 Å². The number of carbonyl (C=O) groups is 3. The molecular weight excluding hydrogens is 466 g/mol. The first-order valence-corrected chi connectivity index (χ1v) is 13.6. The molecule has 1 aliphatic carbocycles. The molecule has 8 nitrogen and oxygen atoms in total. The molecule has 35 heavy (non-hydrogen) atoms. The van der Waals surface area contributed by atoms with Crippen molar-refractivity contribution in [1.29, 1.82) is 0 Å². The Morgan fingerprint density at radius 3 is 2.77 bits per heavy atom. The molecule has 1 spiro atoms. The van der Waals surface area contributed by atoms with Crippen LogP contribution in [0.1, 0.15) is 32.1 Å². The first kappa shape index (κ1) is 24.3. The van der Waals surface area contributed by atoms with Crippen LogP contribution >= 0.6 is 11.8 Å². The molecule has 0 radical (unpaired) electrons. The molecule has 1 saturated carbocycles. The van der Waals surface area contributed by atoms with Gasteiger partial charge in [0.2, 0.25) is 17.7 Å². The maximum Gasteiger partial charge on any atom is 0.246 e. The van der Waals surface area contributed by atoms with Gasteiger partial charge in [-0.3, -0.25) is 14.4 Å². The summed E-state index contributed by atoms with van der Waals surface area (Å²) >= 11 is 1.59. The van der Waals surface area contributed by atoms with E-state index in [1.54, 1.807) is 23.8 Å². The lowest BCUT2D eigenvalue weighted by atomic mass is 9.74.